The zero-order valence-electron chi connectivity index (χ0n) is 44.4. The normalized spacial score (nSPS) is 11.9. The van der Waals surface area contributed by atoms with E-state index in [1.807, 2.05) is 0 Å². The number of hydrogen-bond acceptors (Lipinski definition) is 1. The molecular formula is C40H48B24O. The fourth-order valence-electron chi connectivity index (χ4n) is 13.0. The molecule has 1 nitrogen and oxygen atoms in total. The largest absolute Gasteiger partial charge is 0.457 e. The van der Waals surface area contributed by atoms with Crippen LogP contribution in [0, 0.1) is 0 Å². The maximum absolute atomic E-state index is 7.05. The average molecular weight is 804 g/mol. The van der Waals surface area contributed by atoms with E-state index in [0.717, 1.165) is 11.2 Å². The summed E-state index contributed by atoms with van der Waals surface area (Å²) in [4.78, 5) is 0. The first kappa shape index (κ1) is 46.3. The molecule has 0 amide bonds. The molecule has 0 atom stereocenters. The first-order valence-corrected chi connectivity index (χ1v) is 24.2. The molecule has 1 heterocycles. The second-order valence-corrected chi connectivity index (χ2v) is 21.0. The van der Waals surface area contributed by atoms with Crippen molar-refractivity contribution in [3.63, 3.8) is 0 Å². The summed E-state index contributed by atoms with van der Waals surface area (Å²) in [5, 5.41) is 13.9. The van der Waals surface area contributed by atoms with Crippen molar-refractivity contribution < 1.29 is 4.42 Å². The molecule has 0 saturated heterocycles. The molecule has 0 bridgehead atoms. The van der Waals surface area contributed by atoms with E-state index in [1.54, 1.807) is 0 Å². The van der Waals surface area contributed by atoms with Crippen LogP contribution in [0.1, 0.15) is 0 Å². The van der Waals surface area contributed by atoms with E-state index in [1.165, 1.54) is 207 Å². The van der Waals surface area contributed by atoms with Crippen LogP contribution in [0.3, 0.4) is 0 Å². The monoisotopic (exact) mass is 809 g/mol. The molecule has 0 aliphatic rings. The maximum Gasteiger partial charge on any atom is 0.143 e. The van der Waals surface area contributed by atoms with Crippen LogP contribution >= 0.6 is 0 Å². The molecule has 0 radical (unpaired) electrons. The summed E-state index contributed by atoms with van der Waals surface area (Å²) >= 11 is 0. The van der Waals surface area contributed by atoms with Gasteiger partial charge in [0.1, 0.15) is 199 Å². The lowest BCUT2D eigenvalue weighted by atomic mass is 9.56. The Morgan fingerprint density at radius 2 is 0.354 bits per heavy atom. The van der Waals surface area contributed by atoms with Crippen LogP contribution in [0.4, 0.5) is 0 Å². The molecule has 25 heteroatoms. The van der Waals surface area contributed by atoms with Gasteiger partial charge in [0.05, 0.1) is 0 Å². The topological polar surface area (TPSA) is 13.1 Å². The summed E-state index contributed by atoms with van der Waals surface area (Å²) in [5.74, 6) is 0. The summed E-state index contributed by atoms with van der Waals surface area (Å²) in [6, 6.07) is 0. The number of fused-ring (bicyclic) bond motifs is 8. The van der Waals surface area contributed by atoms with Crippen LogP contribution in [-0.4, -0.2) is 188 Å². The first-order valence-electron chi connectivity index (χ1n) is 24.2. The zero-order chi connectivity index (χ0) is 47.8. The van der Waals surface area contributed by atoms with Gasteiger partial charge in [-0.2, -0.15) is 0 Å². The molecule has 0 fully saturated rings. The molecular weight excluding hydrogens is 756 g/mol. The van der Waals surface area contributed by atoms with Crippen molar-refractivity contribution >= 4 is 384 Å². The van der Waals surface area contributed by atoms with Crippen LogP contribution in [0.5, 0.6) is 0 Å². The Balaban J connectivity index is 1.70. The van der Waals surface area contributed by atoms with Crippen molar-refractivity contribution in [1.29, 1.82) is 0 Å². The lowest BCUT2D eigenvalue weighted by Crippen LogP contribution is -2.52. The molecule has 286 valence electrons. The van der Waals surface area contributed by atoms with E-state index in [2.05, 4.69) is 188 Å². The molecule has 1 aromatic heterocycles. The predicted molar refractivity (Wildman–Crippen MR) is 371 cm³/mol. The minimum atomic E-state index is 1.03. The van der Waals surface area contributed by atoms with Gasteiger partial charge in [0.15, 0.2) is 0 Å². The molecule has 0 saturated carbocycles. The summed E-state index contributed by atoms with van der Waals surface area (Å²) < 4.78 is 7.05. The van der Waals surface area contributed by atoms with E-state index in [-0.39, 0.29) is 0 Å². The highest BCUT2D eigenvalue weighted by Gasteiger charge is 2.31. The minimum Gasteiger partial charge on any atom is -0.457 e. The van der Waals surface area contributed by atoms with E-state index < -0.39 is 0 Å². The van der Waals surface area contributed by atoms with E-state index in [9.17, 15) is 0 Å². The van der Waals surface area contributed by atoms with Gasteiger partial charge in [0.2, 0.25) is 0 Å². The summed E-state index contributed by atoms with van der Waals surface area (Å²) in [5.41, 5.74) is 40.5. The van der Waals surface area contributed by atoms with Gasteiger partial charge in [-0.15, -0.1) is 49.2 Å². The Bertz CT molecular complexity index is 3740. The molecule has 8 aromatic carbocycles. The Morgan fingerprint density at radius 3 is 0.723 bits per heavy atom. The lowest BCUT2D eigenvalue weighted by molar-refractivity contribution is 0.675. The Morgan fingerprint density at radius 1 is 0.138 bits per heavy atom. The van der Waals surface area contributed by atoms with Crippen molar-refractivity contribution in [2.45, 2.75) is 0 Å². The molecule has 0 unspecified atom stereocenters. The van der Waals surface area contributed by atoms with Crippen LogP contribution < -0.4 is 131 Å². The highest BCUT2D eigenvalue weighted by atomic mass is 16.3. The minimum absolute atomic E-state index is 1.03. The van der Waals surface area contributed by atoms with Gasteiger partial charge in [0.25, 0.3) is 0 Å². The number of hydrogen-bond donors (Lipinski definition) is 0. The standard InChI is InChI=1S/C40H48B24O/c41-15-3(8-9(22(48)32(58)31(57)21(8)47)10-12(15)24(50)34(60)33(59)23(10)49)1-4-6(19(45)29(55)27(53)17(4)43)2(7-5(1)18(44)28(54)30(56)20(7)46)11-16(42)13-14-26(52)35(61)36(62)38(64)40(14)65-39(13)37(63)25(11)51/h41-64H2. The van der Waals surface area contributed by atoms with Crippen LogP contribution in [-0.2, 0) is 0 Å². The smallest absolute Gasteiger partial charge is 0.143 e. The third kappa shape index (κ3) is 5.75. The highest BCUT2D eigenvalue weighted by molar-refractivity contribution is 6.77. The quantitative estimate of drug-likeness (QED) is 0.0964. The van der Waals surface area contributed by atoms with Gasteiger partial charge in [-0.1, -0.05) is 81.9 Å². The maximum atomic E-state index is 7.05. The molecule has 65 heavy (non-hydrogen) atoms. The second-order valence-electron chi connectivity index (χ2n) is 21.0. The summed E-state index contributed by atoms with van der Waals surface area (Å²) in [6.45, 7) is 0. The molecule has 9 aromatic rings. The fourth-order valence-corrected chi connectivity index (χ4v) is 13.0. The van der Waals surface area contributed by atoms with E-state index in [4.69, 9.17) is 4.42 Å². The van der Waals surface area contributed by atoms with Crippen molar-refractivity contribution in [2.75, 3.05) is 0 Å². The van der Waals surface area contributed by atoms with Gasteiger partial charge in [-0.05, 0) is 65.3 Å². The van der Waals surface area contributed by atoms with Gasteiger partial charge >= 0.3 is 0 Å². The highest BCUT2D eigenvalue weighted by Crippen LogP contribution is 2.42. The third-order valence-electron chi connectivity index (χ3n) is 18.8. The van der Waals surface area contributed by atoms with Crippen LogP contribution in [0.2, 0.25) is 0 Å². The molecule has 0 spiro atoms. The third-order valence-corrected chi connectivity index (χ3v) is 18.8. The van der Waals surface area contributed by atoms with Crippen molar-refractivity contribution in [3.05, 3.63) is 0 Å². The first-order chi connectivity index (χ1) is 30.3. The molecule has 0 aliphatic heterocycles. The number of rotatable bonds is 2. The lowest BCUT2D eigenvalue weighted by Gasteiger charge is -2.32. The van der Waals surface area contributed by atoms with Gasteiger partial charge in [-0.25, -0.2) is 0 Å². The van der Waals surface area contributed by atoms with Crippen molar-refractivity contribution in [3.8, 4) is 22.3 Å². The Kier molecular flexibility index (Phi) is 10.9. The Hall–Kier alpha value is -3.84. The molecule has 0 N–H and O–H groups in total. The molecule has 0 aliphatic carbocycles. The molecule has 9 rings (SSSR count). The second kappa shape index (κ2) is 15.3. The predicted octanol–water partition coefficient (Wildman–Crippen LogP) is -30.3. The van der Waals surface area contributed by atoms with E-state index in [0.29, 0.717) is 0 Å². The van der Waals surface area contributed by atoms with Gasteiger partial charge in [0, 0.05) is 10.8 Å². The zero-order valence-corrected chi connectivity index (χ0v) is 44.4. The Labute approximate surface area is 408 Å². The van der Waals surface area contributed by atoms with Gasteiger partial charge < -0.3 is 4.42 Å². The summed E-state index contributed by atoms with van der Waals surface area (Å²) in [7, 11) is 56.8. The van der Waals surface area contributed by atoms with Crippen molar-refractivity contribution in [2.24, 2.45) is 0 Å². The van der Waals surface area contributed by atoms with Crippen LogP contribution in [0.15, 0.2) is 4.42 Å². The summed E-state index contributed by atoms with van der Waals surface area (Å²) in [6.07, 6.45) is 0. The number of benzene rings is 8. The van der Waals surface area contributed by atoms with Gasteiger partial charge in [-0.3, -0.25) is 0 Å². The fraction of sp³-hybridized carbons (Fsp3) is 0. The SMILES string of the molecule is Bc1c(B)c(B)c2c(oc3c(B)c(B)c(-c4c5c(B)c(B)c(B)c(B)c5c(-c5c(B)c6c(B)c(B)c(B)c(B)c6c6c(B)c(B)c(B)c(B)c56)c5c(B)c(B)c(B)c(B)c45)c(B)c32)c1B. The number of furan rings is 1. The van der Waals surface area contributed by atoms with Crippen molar-refractivity contribution in [1.82, 2.24) is 0 Å². The van der Waals surface area contributed by atoms with Crippen LogP contribution in [0.25, 0.3) is 87.3 Å². The average Bonchev–Trinajstić information content (AvgIpc) is 3.69. The van der Waals surface area contributed by atoms with E-state index >= 15 is 0 Å².